The van der Waals surface area contributed by atoms with E-state index in [1.807, 2.05) is 0 Å². The highest BCUT2D eigenvalue weighted by molar-refractivity contribution is 6.25. The maximum atomic E-state index is 14.1. The number of ketones is 3. The van der Waals surface area contributed by atoms with Gasteiger partial charge in [0.15, 0.2) is 17.2 Å². The Bertz CT molecular complexity index is 1340. The van der Waals surface area contributed by atoms with Crippen LogP contribution in [0, 0.1) is 22.7 Å². The van der Waals surface area contributed by atoms with Crippen molar-refractivity contribution in [2.45, 2.75) is 104 Å². The molecule has 0 aliphatic heterocycles. The summed E-state index contributed by atoms with van der Waals surface area (Å²) in [4.78, 5) is 40.6. The maximum absolute atomic E-state index is 14.1. The number of carbonyl (C=O) groups excluding carboxylic acids is 3. The summed E-state index contributed by atoms with van der Waals surface area (Å²) in [6.45, 7) is 9.79. The predicted molar refractivity (Wildman–Crippen MR) is 154 cm³/mol. The van der Waals surface area contributed by atoms with Gasteiger partial charge in [-0.1, -0.05) is 85.3 Å². The number of phenols is 1. The summed E-state index contributed by atoms with van der Waals surface area (Å²) in [6, 6.07) is 4.74. The third-order valence-electron chi connectivity index (χ3n) is 10.3. The Morgan fingerprint density at radius 1 is 1.00 bits per heavy atom. The van der Waals surface area contributed by atoms with Crippen molar-refractivity contribution in [3.63, 3.8) is 0 Å². The van der Waals surface area contributed by atoms with Gasteiger partial charge in [0.25, 0.3) is 0 Å². The van der Waals surface area contributed by atoms with Crippen molar-refractivity contribution < 1.29 is 39.9 Å². The van der Waals surface area contributed by atoms with Gasteiger partial charge in [-0.05, 0) is 36.8 Å². The molecule has 4 rings (SSSR count). The molecule has 0 bridgehead atoms. The summed E-state index contributed by atoms with van der Waals surface area (Å²) in [5.41, 5.74) is -6.76. The lowest BCUT2D eigenvalue weighted by molar-refractivity contribution is -0.212. The van der Waals surface area contributed by atoms with Crippen LogP contribution in [0.2, 0.25) is 0 Å². The van der Waals surface area contributed by atoms with Crippen molar-refractivity contribution >= 4 is 17.3 Å². The molecule has 6 atom stereocenters. The Morgan fingerprint density at radius 2 is 1.61 bits per heavy atom. The first-order valence-electron chi connectivity index (χ1n) is 14.8. The van der Waals surface area contributed by atoms with Crippen LogP contribution in [0.4, 0.5) is 0 Å². The van der Waals surface area contributed by atoms with Gasteiger partial charge in [0.1, 0.15) is 22.8 Å². The molecule has 0 spiro atoms. The number of aliphatic hydroxyl groups is 4. The van der Waals surface area contributed by atoms with Crippen LogP contribution in [0.1, 0.15) is 108 Å². The van der Waals surface area contributed by atoms with Gasteiger partial charge in [-0.2, -0.15) is 0 Å². The molecule has 0 saturated heterocycles. The number of phenolic OH excluding ortho intramolecular Hbond substituents is 1. The number of Topliss-reactive ketones (excluding diaryl/α,β-unsaturated/α-hetero) is 3. The first kappa shape index (κ1) is 31.0. The summed E-state index contributed by atoms with van der Waals surface area (Å²) in [6.07, 6.45) is 4.92. The molecule has 0 aromatic heterocycles. The second-order valence-corrected chi connectivity index (χ2v) is 12.9. The molecule has 41 heavy (non-hydrogen) atoms. The SMILES string of the molecule is CCCCCCCC[C@@H]1c2cccc(O)c2C(=O)C2=C(O)[C@@]3(O)C(=O)C(C(C)=O)=C(O)C(C(C)C)[C@@]3(C)[C@H](O)[C@]21C. The summed E-state index contributed by atoms with van der Waals surface area (Å²) in [5, 5.41) is 58.7. The topological polar surface area (TPSA) is 152 Å². The van der Waals surface area contributed by atoms with Crippen molar-refractivity contribution in [1.82, 2.24) is 0 Å². The summed E-state index contributed by atoms with van der Waals surface area (Å²) >= 11 is 0. The lowest BCUT2D eigenvalue weighted by Gasteiger charge is -2.63. The van der Waals surface area contributed by atoms with Crippen LogP contribution >= 0.6 is 0 Å². The number of aromatic hydroxyl groups is 1. The Morgan fingerprint density at radius 3 is 2.20 bits per heavy atom. The van der Waals surface area contributed by atoms with Crippen molar-refractivity contribution in [3.8, 4) is 5.75 Å². The van der Waals surface area contributed by atoms with Gasteiger partial charge in [-0.25, -0.2) is 0 Å². The average molecular weight is 569 g/mol. The van der Waals surface area contributed by atoms with Crippen LogP contribution in [-0.4, -0.2) is 54.6 Å². The van der Waals surface area contributed by atoms with E-state index in [1.54, 1.807) is 32.9 Å². The Kier molecular flexibility index (Phi) is 8.08. The number of rotatable bonds is 9. The summed E-state index contributed by atoms with van der Waals surface area (Å²) in [7, 11) is 0. The second kappa shape index (κ2) is 10.7. The molecule has 0 fully saturated rings. The molecule has 5 N–H and O–H groups in total. The van der Waals surface area contributed by atoms with Crippen molar-refractivity contribution in [1.29, 1.82) is 0 Å². The molecule has 3 aliphatic rings. The number of benzene rings is 1. The maximum Gasteiger partial charge on any atom is 0.209 e. The van der Waals surface area contributed by atoms with Gasteiger partial charge in [0.05, 0.1) is 17.2 Å². The summed E-state index contributed by atoms with van der Waals surface area (Å²) in [5.74, 6) is -6.74. The van der Waals surface area contributed by atoms with Crippen LogP contribution in [-0.2, 0) is 9.59 Å². The highest BCUT2D eigenvalue weighted by atomic mass is 16.4. The van der Waals surface area contributed by atoms with E-state index in [2.05, 4.69) is 6.92 Å². The first-order valence-corrected chi connectivity index (χ1v) is 14.8. The van der Waals surface area contributed by atoms with Crippen LogP contribution in [0.15, 0.2) is 40.9 Å². The number of hydrogen-bond donors (Lipinski definition) is 5. The smallest absolute Gasteiger partial charge is 0.209 e. The van der Waals surface area contributed by atoms with Crippen molar-refractivity contribution in [2.24, 2.45) is 22.7 Å². The van der Waals surface area contributed by atoms with E-state index in [-0.39, 0.29) is 16.9 Å². The van der Waals surface area contributed by atoms with Crippen LogP contribution in [0.5, 0.6) is 5.75 Å². The lowest BCUT2D eigenvalue weighted by atomic mass is 9.41. The molecule has 1 aromatic rings. The number of aliphatic hydroxyl groups excluding tert-OH is 3. The minimum Gasteiger partial charge on any atom is -0.511 e. The predicted octanol–water partition coefficient (Wildman–Crippen LogP) is 5.61. The van der Waals surface area contributed by atoms with Crippen LogP contribution in [0.25, 0.3) is 0 Å². The molecule has 3 aliphatic carbocycles. The lowest BCUT2D eigenvalue weighted by Crippen LogP contribution is -2.73. The van der Waals surface area contributed by atoms with E-state index in [0.29, 0.717) is 12.0 Å². The zero-order valence-electron chi connectivity index (χ0n) is 25.0. The van der Waals surface area contributed by atoms with E-state index in [0.717, 1.165) is 45.4 Å². The fraction of sp³-hybridized carbons (Fsp3) is 0.606. The van der Waals surface area contributed by atoms with Gasteiger partial charge >= 0.3 is 0 Å². The second-order valence-electron chi connectivity index (χ2n) is 12.9. The molecule has 0 heterocycles. The molecule has 8 heteroatoms. The molecule has 1 unspecified atom stereocenters. The monoisotopic (exact) mass is 568 g/mol. The van der Waals surface area contributed by atoms with Gasteiger partial charge in [-0.15, -0.1) is 0 Å². The minimum absolute atomic E-state index is 0.0317. The largest absolute Gasteiger partial charge is 0.511 e. The molecule has 8 nitrogen and oxygen atoms in total. The minimum atomic E-state index is -2.87. The summed E-state index contributed by atoms with van der Waals surface area (Å²) < 4.78 is 0. The van der Waals surface area contributed by atoms with E-state index in [9.17, 15) is 39.9 Å². The fourth-order valence-electron chi connectivity index (χ4n) is 8.33. The first-order chi connectivity index (χ1) is 19.1. The van der Waals surface area contributed by atoms with Gasteiger partial charge < -0.3 is 25.5 Å². The normalized spacial score (nSPS) is 33.1. The Hall–Kier alpha value is -2.97. The standard InChI is InChI=1S/C33H44O8/c1-7-8-9-10-11-12-15-20-19-14-13-16-21(35)23(19)27(37)25-29(39)33(41)28(38)22(18(4)34)26(36)24(17(2)3)32(33,6)30(40)31(20,25)5/h13-14,16-17,20,24,30,35-36,39-41H,7-12,15H2,1-6H3/t20-,24?,30-,31+,32+,33+/m1/s1. The molecular weight excluding hydrogens is 524 g/mol. The highest BCUT2D eigenvalue weighted by Crippen LogP contribution is 2.68. The van der Waals surface area contributed by atoms with Crippen molar-refractivity contribution in [2.75, 3.05) is 0 Å². The number of hydrogen-bond acceptors (Lipinski definition) is 8. The zero-order chi connectivity index (χ0) is 30.7. The molecule has 0 saturated carbocycles. The molecule has 0 radical (unpaired) electrons. The van der Waals surface area contributed by atoms with Gasteiger partial charge in [0.2, 0.25) is 5.78 Å². The van der Waals surface area contributed by atoms with Gasteiger partial charge in [-0.3, -0.25) is 14.4 Å². The van der Waals surface area contributed by atoms with Crippen LogP contribution < -0.4 is 0 Å². The molecule has 1 aromatic carbocycles. The fourth-order valence-corrected chi connectivity index (χ4v) is 8.33. The quantitative estimate of drug-likeness (QED) is 0.190. The van der Waals surface area contributed by atoms with Crippen LogP contribution in [0.3, 0.4) is 0 Å². The van der Waals surface area contributed by atoms with E-state index in [4.69, 9.17) is 0 Å². The number of carbonyl (C=O) groups is 3. The Balaban J connectivity index is 2.01. The third-order valence-corrected chi connectivity index (χ3v) is 10.3. The molecule has 224 valence electrons. The molecule has 0 amide bonds. The number of unbranched alkanes of at least 4 members (excludes halogenated alkanes) is 5. The van der Waals surface area contributed by atoms with Crippen molar-refractivity contribution in [3.05, 3.63) is 52.0 Å². The highest BCUT2D eigenvalue weighted by Gasteiger charge is 2.76. The van der Waals surface area contributed by atoms with Gasteiger partial charge in [0, 0.05) is 16.7 Å². The number of fused-ring (bicyclic) bond motifs is 3. The average Bonchev–Trinajstić information content (AvgIpc) is 2.89. The van der Waals surface area contributed by atoms with E-state index < -0.39 is 74.7 Å². The Labute approximate surface area is 241 Å². The molecular formula is C33H44O8. The van der Waals surface area contributed by atoms with E-state index >= 15 is 0 Å². The zero-order valence-corrected chi connectivity index (χ0v) is 25.0. The third kappa shape index (κ3) is 4.04. The number of allylic oxidation sites excluding steroid dienone is 1. The van der Waals surface area contributed by atoms with E-state index in [1.165, 1.54) is 13.0 Å².